The van der Waals surface area contributed by atoms with Crippen LogP contribution >= 0.6 is 11.6 Å². The molecule has 136 valence electrons. The summed E-state index contributed by atoms with van der Waals surface area (Å²) in [7, 11) is 1.50. The summed E-state index contributed by atoms with van der Waals surface area (Å²) in [4.78, 5) is 26.5. The number of likely N-dealkylation sites (N-methyl/N-ethyl adjacent to an activating group) is 1. The third-order valence-electron chi connectivity index (χ3n) is 5.50. The van der Waals surface area contributed by atoms with Gasteiger partial charge in [-0.1, -0.05) is 23.7 Å². The zero-order chi connectivity index (χ0) is 18.0. The van der Waals surface area contributed by atoms with Crippen LogP contribution in [0.4, 0.5) is 4.79 Å². The summed E-state index contributed by atoms with van der Waals surface area (Å²) >= 11 is 5.99. The van der Waals surface area contributed by atoms with Gasteiger partial charge >= 0.3 is 6.09 Å². The largest absolute Gasteiger partial charge is 0.465 e. The molecular weight excluding hydrogens is 344 g/mol. The second-order valence-corrected chi connectivity index (χ2v) is 7.19. The zero-order valence-electron chi connectivity index (χ0n) is 14.2. The molecule has 0 radical (unpaired) electrons. The molecule has 0 aliphatic carbocycles. The predicted molar refractivity (Wildman–Crippen MR) is 94.1 cm³/mol. The van der Waals surface area contributed by atoms with Crippen molar-refractivity contribution in [1.82, 2.24) is 10.2 Å². The minimum absolute atomic E-state index is 0.00866. The van der Waals surface area contributed by atoms with E-state index in [1.807, 2.05) is 12.1 Å². The normalized spacial score (nSPS) is 27.2. The summed E-state index contributed by atoms with van der Waals surface area (Å²) in [5.74, 6) is -0.433. The lowest BCUT2D eigenvalue weighted by Crippen LogP contribution is -2.61. The van der Waals surface area contributed by atoms with Crippen LogP contribution in [0.1, 0.15) is 24.3 Å². The summed E-state index contributed by atoms with van der Waals surface area (Å²) in [6.45, 7) is 1.96. The molecule has 1 aromatic rings. The third kappa shape index (κ3) is 3.26. The molecule has 0 spiro atoms. The van der Waals surface area contributed by atoms with E-state index in [0.717, 1.165) is 5.56 Å². The van der Waals surface area contributed by atoms with E-state index < -0.39 is 11.6 Å². The van der Waals surface area contributed by atoms with E-state index in [4.69, 9.17) is 16.3 Å². The van der Waals surface area contributed by atoms with Gasteiger partial charge in [-0.15, -0.1) is 0 Å². The summed E-state index contributed by atoms with van der Waals surface area (Å²) < 4.78 is 5.37. The molecule has 2 saturated heterocycles. The summed E-state index contributed by atoms with van der Waals surface area (Å²) in [5.41, 5.74) is -0.190. The Morgan fingerprint density at radius 2 is 1.92 bits per heavy atom. The second kappa shape index (κ2) is 7.32. The lowest BCUT2D eigenvalue weighted by molar-refractivity contribution is -0.136. The smallest absolute Gasteiger partial charge is 0.407 e. The van der Waals surface area contributed by atoms with Crippen molar-refractivity contribution >= 4 is 23.5 Å². The van der Waals surface area contributed by atoms with Crippen molar-refractivity contribution in [3.05, 3.63) is 34.9 Å². The number of hydrogen-bond acceptors (Lipinski definition) is 4. The Morgan fingerprint density at radius 3 is 2.52 bits per heavy atom. The monoisotopic (exact) mass is 366 g/mol. The zero-order valence-corrected chi connectivity index (χ0v) is 15.0. The Kier molecular flexibility index (Phi) is 5.32. The molecule has 2 aliphatic heterocycles. The van der Waals surface area contributed by atoms with Crippen molar-refractivity contribution in [1.29, 1.82) is 0 Å². The average molecular weight is 367 g/mol. The number of halogens is 1. The van der Waals surface area contributed by atoms with Gasteiger partial charge in [0, 0.05) is 50.2 Å². The average Bonchev–Trinajstić information content (AvgIpc) is 3.07. The maximum atomic E-state index is 13.5. The molecule has 2 atom stereocenters. The van der Waals surface area contributed by atoms with Crippen LogP contribution in [0.15, 0.2) is 24.3 Å². The molecule has 2 heterocycles. The van der Waals surface area contributed by atoms with E-state index in [-0.39, 0.29) is 17.6 Å². The highest BCUT2D eigenvalue weighted by atomic mass is 35.5. The van der Waals surface area contributed by atoms with Gasteiger partial charge < -0.3 is 15.2 Å². The summed E-state index contributed by atoms with van der Waals surface area (Å²) in [6.07, 6.45) is 0.186. The van der Waals surface area contributed by atoms with Crippen LogP contribution in [-0.4, -0.2) is 60.8 Å². The summed E-state index contributed by atoms with van der Waals surface area (Å²) in [5, 5.41) is 13.5. The first kappa shape index (κ1) is 18.2. The number of carbonyl (C=O) groups is 2. The first-order valence-corrected chi connectivity index (χ1v) is 8.89. The van der Waals surface area contributed by atoms with Crippen LogP contribution in [0.2, 0.25) is 5.02 Å². The fraction of sp³-hybridized carbons (Fsp3) is 0.556. The lowest BCUT2D eigenvalue weighted by atomic mass is 9.72. The molecule has 2 N–H and O–H groups in total. The standard InChI is InChI=1S/C18H23ClN2O4/c1-21(17(23)24)18(16(22)13-6-8-25-9-7-13)11-20-10-15(18)12-2-4-14(19)5-3-12/h2-5,13,15,20H,6-11H2,1H3,(H,23,24)/t15-,18+/m0/s1. The van der Waals surface area contributed by atoms with E-state index in [9.17, 15) is 14.7 Å². The van der Waals surface area contributed by atoms with Gasteiger partial charge in [0.05, 0.1) is 0 Å². The number of amides is 1. The number of rotatable bonds is 4. The molecule has 25 heavy (non-hydrogen) atoms. The number of nitrogens with zero attached hydrogens (tertiary/aromatic N) is 1. The molecule has 1 amide bonds. The van der Waals surface area contributed by atoms with Gasteiger partial charge in [0.1, 0.15) is 5.54 Å². The van der Waals surface area contributed by atoms with Gasteiger partial charge in [-0.2, -0.15) is 0 Å². The summed E-state index contributed by atoms with van der Waals surface area (Å²) in [6, 6.07) is 7.31. The number of Topliss-reactive ketones (excluding diaryl/α,β-unsaturated/α-hetero) is 1. The van der Waals surface area contributed by atoms with Crippen LogP contribution in [-0.2, 0) is 9.53 Å². The van der Waals surface area contributed by atoms with Crippen LogP contribution in [0.25, 0.3) is 0 Å². The Morgan fingerprint density at radius 1 is 1.28 bits per heavy atom. The molecule has 2 aliphatic rings. The minimum atomic E-state index is -1.11. The van der Waals surface area contributed by atoms with Crippen molar-refractivity contribution in [2.75, 3.05) is 33.4 Å². The van der Waals surface area contributed by atoms with Crippen molar-refractivity contribution < 1.29 is 19.4 Å². The van der Waals surface area contributed by atoms with Crippen LogP contribution in [0.5, 0.6) is 0 Å². The number of benzene rings is 1. The molecular formula is C18H23ClN2O4. The maximum absolute atomic E-state index is 13.5. The third-order valence-corrected chi connectivity index (χ3v) is 5.75. The first-order chi connectivity index (χ1) is 12.0. The second-order valence-electron chi connectivity index (χ2n) is 6.75. The van der Waals surface area contributed by atoms with E-state index in [0.29, 0.717) is 44.2 Å². The minimum Gasteiger partial charge on any atom is -0.465 e. The SMILES string of the molecule is CN(C(=O)O)[C@]1(C(=O)C2CCOCC2)CNC[C@H]1c1ccc(Cl)cc1. The Balaban J connectivity index is 2.01. The Hall–Kier alpha value is -1.63. The number of hydrogen-bond donors (Lipinski definition) is 2. The van der Waals surface area contributed by atoms with E-state index in [1.165, 1.54) is 11.9 Å². The topological polar surface area (TPSA) is 78.9 Å². The number of ether oxygens (including phenoxy) is 1. The molecule has 0 unspecified atom stereocenters. The molecule has 6 nitrogen and oxygen atoms in total. The molecule has 0 bridgehead atoms. The van der Waals surface area contributed by atoms with Crippen molar-refractivity contribution in [3.63, 3.8) is 0 Å². The fourth-order valence-corrected chi connectivity index (χ4v) is 4.17. The van der Waals surface area contributed by atoms with Gasteiger partial charge in [0.25, 0.3) is 0 Å². The maximum Gasteiger partial charge on any atom is 0.407 e. The molecule has 0 saturated carbocycles. The number of carbonyl (C=O) groups excluding carboxylic acids is 1. The molecule has 3 rings (SSSR count). The molecule has 1 aromatic carbocycles. The van der Waals surface area contributed by atoms with Crippen molar-refractivity contribution in [2.24, 2.45) is 5.92 Å². The Labute approximate surface area is 152 Å². The highest BCUT2D eigenvalue weighted by molar-refractivity contribution is 6.30. The number of carboxylic acid groups (broad SMARTS) is 1. The van der Waals surface area contributed by atoms with E-state index >= 15 is 0 Å². The van der Waals surface area contributed by atoms with Gasteiger partial charge in [0.15, 0.2) is 5.78 Å². The van der Waals surface area contributed by atoms with Crippen LogP contribution < -0.4 is 5.32 Å². The highest BCUT2D eigenvalue weighted by Gasteiger charge is 2.55. The van der Waals surface area contributed by atoms with Crippen molar-refractivity contribution in [3.8, 4) is 0 Å². The van der Waals surface area contributed by atoms with E-state index in [1.54, 1.807) is 12.1 Å². The first-order valence-electron chi connectivity index (χ1n) is 8.52. The molecule has 7 heteroatoms. The van der Waals surface area contributed by atoms with Crippen LogP contribution in [0.3, 0.4) is 0 Å². The fourth-order valence-electron chi connectivity index (χ4n) is 4.05. The Bertz CT molecular complexity index is 645. The van der Waals surface area contributed by atoms with Gasteiger partial charge in [-0.25, -0.2) is 4.79 Å². The quantitative estimate of drug-likeness (QED) is 0.855. The van der Waals surface area contributed by atoms with E-state index in [2.05, 4.69) is 5.32 Å². The van der Waals surface area contributed by atoms with Crippen LogP contribution in [0, 0.1) is 5.92 Å². The van der Waals surface area contributed by atoms with Gasteiger partial charge in [-0.3, -0.25) is 9.69 Å². The van der Waals surface area contributed by atoms with Crippen molar-refractivity contribution in [2.45, 2.75) is 24.3 Å². The predicted octanol–water partition coefficient (Wildman–Crippen LogP) is 2.37. The van der Waals surface area contributed by atoms with Gasteiger partial charge in [0.2, 0.25) is 0 Å². The number of nitrogens with one attached hydrogen (secondary N) is 1. The molecule has 0 aromatic heterocycles. The highest BCUT2D eigenvalue weighted by Crippen LogP contribution is 2.40. The molecule has 2 fully saturated rings. The lowest BCUT2D eigenvalue weighted by Gasteiger charge is -2.42. The number of ketones is 1. The van der Waals surface area contributed by atoms with Gasteiger partial charge in [-0.05, 0) is 30.5 Å².